The van der Waals surface area contributed by atoms with E-state index in [-0.39, 0.29) is 5.91 Å². The molecule has 1 N–H and O–H groups in total. The average molecular weight is 690 g/mol. The number of benzene rings is 4. The molecule has 1 aliphatic rings. The summed E-state index contributed by atoms with van der Waals surface area (Å²) in [5.74, 6) is 0.117. The molecule has 42 heavy (non-hydrogen) atoms. The Labute approximate surface area is 264 Å². The number of rotatable bonds is 5. The molecule has 0 atom stereocenters. The van der Waals surface area contributed by atoms with Gasteiger partial charge in [0.15, 0.2) is 0 Å². The van der Waals surface area contributed by atoms with E-state index < -0.39 is 13.5 Å². The van der Waals surface area contributed by atoms with Crippen LogP contribution in [0.3, 0.4) is 0 Å². The van der Waals surface area contributed by atoms with Crippen molar-refractivity contribution in [2.24, 2.45) is 0 Å². The number of aryl methyl sites for hydroxylation is 6. The minimum atomic E-state index is -2.05. The summed E-state index contributed by atoms with van der Waals surface area (Å²) in [4.78, 5) is 16.8. The molecule has 0 spiro atoms. The van der Waals surface area contributed by atoms with E-state index in [0.717, 1.165) is 18.8 Å². The van der Waals surface area contributed by atoms with E-state index in [4.69, 9.17) is 19.4 Å². The van der Waals surface area contributed by atoms with E-state index in [1.807, 2.05) is 60.7 Å². The fourth-order valence-electron chi connectivity index (χ4n) is 5.69. The number of anilines is 3. The van der Waals surface area contributed by atoms with E-state index in [0.29, 0.717) is 5.56 Å². The molecule has 4 aromatic rings. The maximum absolute atomic E-state index is 10.4. The SMILES string of the molecule is Cc1cc(C)c(N2[CH-]N(c3c(C)cc(C)cc3C)CC2)c(C)c1.[OH+]=C(c1ccccc1)N([CH]=[Ru]([Cl])[Cl])c1ccccc1. The van der Waals surface area contributed by atoms with Crippen molar-refractivity contribution >= 4 is 47.1 Å². The Bertz CT molecular complexity index is 1460. The van der Waals surface area contributed by atoms with E-state index in [1.165, 1.54) is 44.8 Å². The summed E-state index contributed by atoms with van der Waals surface area (Å²) in [6.45, 7) is 17.6. The second-order valence-corrected chi connectivity index (χ2v) is 16.4. The zero-order valence-corrected chi connectivity index (χ0v) is 28.3. The van der Waals surface area contributed by atoms with Gasteiger partial charge in [-0.05, 0) is 63.8 Å². The van der Waals surface area contributed by atoms with Gasteiger partial charge in [-0.3, -0.25) is 0 Å². The summed E-state index contributed by atoms with van der Waals surface area (Å²) >= 11 is -2.05. The fourth-order valence-corrected chi connectivity index (χ4v) is 7.32. The van der Waals surface area contributed by atoms with Crippen LogP contribution in [-0.4, -0.2) is 28.5 Å². The normalized spacial score (nSPS) is 12.9. The third kappa shape index (κ3) is 7.89. The summed E-state index contributed by atoms with van der Waals surface area (Å²) < 4.78 is 1.69. The minimum absolute atomic E-state index is 0.117. The quantitative estimate of drug-likeness (QED) is 0.119. The Hall–Kier alpha value is -2.98. The van der Waals surface area contributed by atoms with Gasteiger partial charge in [-0.1, -0.05) is 35.4 Å². The number of carbonyl (C=O) groups excluding carboxylic acids is 1. The predicted molar refractivity (Wildman–Crippen MR) is 179 cm³/mol. The van der Waals surface area contributed by atoms with Crippen molar-refractivity contribution < 1.29 is 18.3 Å². The number of amides is 1. The number of halogens is 2. The van der Waals surface area contributed by atoms with E-state index >= 15 is 0 Å². The van der Waals surface area contributed by atoms with Crippen LogP contribution in [-0.2, 0) is 13.5 Å². The Morgan fingerprint density at radius 1 is 0.714 bits per heavy atom. The molecule has 0 radical (unpaired) electrons. The van der Waals surface area contributed by atoms with Gasteiger partial charge in [0, 0.05) is 24.5 Å². The van der Waals surface area contributed by atoms with Crippen LogP contribution in [0.25, 0.3) is 0 Å². The van der Waals surface area contributed by atoms with Crippen LogP contribution in [0.5, 0.6) is 0 Å². The fraction of sp³-hybridized carbons (Fsp3) is 0.229. The van der Waals surface area contributed by atoms with Gasteiger partial charge >= 0.3 is 125 Å². The first kappa shape index (κ1) is 31.9. The summed E-state index contributed by atoms with van der Waals surface area (Å²) in [5.41, 5.74) is 12.4. The van der Waals surface area contributed by atoms with Crippen LogP contribution in [0.4, 0.5) is 17.1 Å². The molecule has 1 heterocycles. The Kier molecular flexibility index (Phi) is 11.0. The number of para-hydroxylation sites is 1. The molecule has 5 rings (SSSR count). The monoisotopic (exact) mass is 689 g/mol. The molecule has 0 bridgehead atoms. The molecule has 1 amide bonds. The first-order chi connectivity index (χ1) is 20.0. The second-order valence-electron chi connectivity index (χ2n) is 10.7. The van der Waals surface area contributed by atoms with Crippen molar-refractivity contribution in [2.75, 3.05) is 27.8 Å². The van der Waals surface area contributed by atoms with Gasteiger partial charge in [0.1, 0.15) is 0 Å². The predicted octanol–water partition coefficient (Wildman–Crippen LogP) is 8.71. The molecule has 7 heteroatoms. The molecule has 4 nitrogen and oxygen atoms in total. The molecule has 1 aliphatic heterocycles. The van der Waals surface area contributed by atoms with Gasteiger partial charge in [0.05, 0.1) is 0 Å². The Morgan fingerprint density at radius 3 is 1.52 bits per heavy atom. The Morgan fingerprint density at radius 2 is 1.12 bits per heavy atom. The van der Waals surface area contributed by atoms with Crippen LogP contribution >= 0.6 is 19.4 Å². The number of nitrogens with zero attached hydrogens (tertiary/aromatic N) is 3. The zero-order chi connectivity index (χ0) is 30.4. The first-order valence-electron chi connectivity index (χ1n) is 13.9. The van der Waals surface area contributed by atoms with Crippen molar-refractivity contribution in [3.8, 4) is 0 Å². The number of hydrogen-bond acceptors (Lipinski definition) is 2. The van der Waals surface area contributed by atoms with Crippen molar-refractivity contribution in [3.63, 3.8) is 0 Å². The molecule has 0 unspecified atom stereocenters. The van der Waals surface area contributed by atoms with Crippen LogP contribution in [0.15, 0.2) is 84.9 Å². The van der Waals surface area contributed by atoms with Gasteiger partial charge in [0.25, 0.3) is 0 Å². The van der Waals surface area contributed by atoms with Gasteiger partial charge in [-0.25, -0.2) is 0 Å². The third-order valence-corrected chi connectivity index (χ3v) is 8.77. The second kappa shape index (κ2) is 14.5. The number of hydrogen-bond donors (Lipinski definition) is 0. The molecule has 0 aliphatic carbocycles. The van der Waals surface area contributed by atoms with Crippen molar-refractivity contribution in [1.82, 2.24) is 0 Å². The molecule has 0 aromatic heterocycles. The van der Waals surface area contributed by atoms with Gasteiger partial charge < -0.3 is 9.80 Å². The van der Waals surface area contributed by atoms with Crippen molar-refractivity contribution in [1.29, 1.82) is 0 Å². The topological polar surface area (TPSA) is 31.1 Å². The van der Waals surface area contributed by atoms with Crippen LogP contribution in [0, 0.1) is 48.2 Å². The van der Waals surface area contributed by atoms with E-state index in [2.05, 4.69) is 82.3 Å². The molecule has 222 valence electrons. The molecule has 0 saturated carbocycles. The summed E-state index contributed by atoms with van der Waals surface area (Å²) in [6, 6.07) is 27.9. The van der Waals surface area contributed by atoms with Crippen molar-refractivity contribution in [3.05, 3.63) is 131 Å². The first-order valence-corrected chi connectivity index (χ1v) is 19.4. The Balaban J connectivity index is 0.000000197. The summed E-state index contributed by atoms with van der Waals surface area (Å²) in [7, 11) is 11.9. The van der Waals surface area contributed by atoms with Gasteiger partial charge in [0.2, 0.25) is 0 Å². The summed E-state index contributed by atoms with van der Waals surface area (Å²) in [6.07, 6.45) is 0. The zero-order valence-electron chi connectivity index (χ0n) is 25.1. The van der Waals surface area contributed by atoms with E-state index in [9.17, 15) is 4.79 Å². The van der Waals surface area contributed by atoms with Crippen molar-refractivity contribution in [2.45, 2.75) is 41.5 Å². The molecular formula is C35H39Cl2N3ORu. The molecular weight excluding hydrogens is 650 g/mol. The third-order valence-electron chi connectivity index (χ3n) is 7.16. The standard InChI is InChI=1S/C21H27N2.C14H11NO.2ClH.Ru/c1-14-9-16(3)20(17(4)10-14)22-7-8-23(13-22)21-18(5)11-15(2)12-19(21)6;1-15(13-10-6-3-7-11-13)14(16)12-8-4-2-5-9-12;;;/h9-13H,7-8H2,1-6H3;1-11H;2*1H;/q-1;;;;+2/p-1. The van der Waals surface area contributed by atoms with Crippen LogP contribution in [0.2, 0.25) is 0 Å². The van der Waals surface area contributed by atoms with Crippen LogP contribution in [0.1, 0.15) is 38.9 Å². The molecule has 1 saturated heterocycles. The molecule has 1 fully saturated rings. The van der Waals surface area contributed by atoms with E-state index in [1.54, 1.807) is 9.63 Å². The summed E-state index contributed by atoms with van der Waals surface area (Å²) in [5, 5.41) is 0. The molecule has 4 aromatic carbocycles. The van der Waals surface area contributed by atoms with Crippen LogP contribution < -0.4 is 14.7 Å². The average Bonchev–Trinajstić information content (AvgIpc) is 3.40. The maximum atomic E-state index is 10.4. The van der Waals surface area contributed by atoms with Gasteiger partial charge in [-0.2, -0.15) is 6.67 Å². The van der Waals surface area contributed by atoms with Gasteiger partial charge in [-0.15, -0.1) is 0 Å².